The quantitative estimate of drug-likeness (QED) is 0.562. The van der Waals surface area contributed by atoms with Crippen molar-refractivity contribution < 1.29 is 18.6 Å². The lowest BCUT2D eigenvalue weighted by Crippen LogP contribution is -2.34. The van der Waals surface area contributed by atoms with Crippen molar-refractivity contribution >= 4 is 22.4 Å². The van der Waals surface area contributed by atoms with Crippen LogP contribution in [-0.4, -0.2) is 60.5 Å². The topological polar surface area (TPSA) is 74.6 Å². The molecule has 7 nitrogen and oxygen atoms in total. The molecule has 9 heteroatoms. The van der Waals surface area contributed by atoms with E-state index in [4.69, 9.17) is 4.74 Å². The molecule has 1 saturated heterocycles. The van der Waals surface area contributed by atoms with Gasteiger partial charge in [0.15, 0.2) is 17.3 Å². The van der Waals surface area contributed by atoms with Gasteiger partial charge in [0.05, 0.1) is 13.7 Å². The number of aromatic nitrogens is 3. The first kappa shape index (κ1) is 22.7. The minimum absolute atomic E-state index is 0.0475. The molecule has 34 heavy (non-hydrogen) atoms. The van der Waals surface area contributed by atoms with Gasteiger partial charge in [0, 0.05) is 49.5 Å². The largest absolute Gasteiger partial charge is 0.481 e. The Kier molecular flexibility index (Phi) is 5.97. The smallest absolute Gasteiger partial charge is 0.216 e. The van der Waals surface area contributed by atoms with Gasteiger partial charge in [-0.3, -0.25) is 0 Å². The fraction of sp³-hybridized carbons (Fsp3) is 0.480. The lowest BCUT2D eigenvalue weighted by Gasteiger charge is -2.34. The van der Waals surface area contributed by atoms with Crippen LogP contribution in [0.1, 0.15) is 43.0 Å². The number of pyridine rings is 1. The van der Waals surface area contributed by atoms with Crippen LogP contribution in [0.2, 0.25) is 0 Å². The summed E-state index contributed by atoms with van der Waals surface area (Å²) < 4.78 is 35.6. The molecule has 3 aromatic rings. The normalized spacial score (nSPS) is 17.7. The van der Waals surface area contributed by atoms with E-state index < -0.39 is 11.5 Å². The van der Waals surface area contributed by atoms with Crippen molar-refractivity contribution in [3.05, 3.63) is 47.7 Å². The number of methoxy groups -OCH3 is 1. The summed E-state index contributed by atoms with van der Waals surface area (Å²) in [5.41, 5.74) is 0.273. The van der Waals surface area contributed by atoms with Crippen LogP contribution in [0.5, 0.6) is 5.88 Å². The number of piperidine rings is 1. The second-order valence-corrected chi connectivity index (χ2v) is 9.17. The van der Waals surface area contributed by atoms with Crippen LogP contribution in [0.4, 0.5) is 20.3 Å². The number of nitrogens with zero attached hydrogens (tertiary/aromatic N) is 5. The van der Waals surface area contributed by atoms with Gasteiger partial charge < -0.3 is 19.6 Å². The highest BCUT2D eigenvalue weighted by Crippen LogP contribution is 2.49. The van der Waals surface area contributed by atoms with E-state index in [0.29, 0.717) is 55.2 Å². The lowest BCUT2D eigenvalue weighted by molar-refractivity contribution is 0.301. The average molecular weight is 470 g/mol. The molecular formula is C25H29F2N5O2. The zero-order valence-corrected chi connectivity index (χ0v) is 19.5. The molecule has 1 N–H and O–H groups in total. The van der Waals surface area contributed by atoms with Gasteiger partial charge in [-0.1, -0.05) is 6.07 Å². The second kappa shape index (κ2) is 8.94. The standard InChI is InChI=1S/C25H29F2N5O2/c1-31(12-13-33)17-14-19-21(20(26)15-17)29-24(25(27)7-8-25)30-22(19)32-10-5-16(6-11-32)18-4-3-9-28-23(18)34-2/h3-4,9,14-16,33H,5-8,10-13H2,1-2H3. The van der Waals surface area contributed by atoms with Crippen LogP contribution in [-0.2, 0) is 5.67 Å². The van der Waals surface area contributed by atoms with E-state index in [9.17, 15) is 9.50 Å². The van der Waals surface area contributed by atoms with Crippen molar-refractivity contribution in [1.82, 2.24) is 15.0 Å². The summed E-state index contributed by atoms with van der Waals surface area (Å²) in [6.07, 6.45) is 4.13. The molecule has 180 valence electrons. The van der Waals surface area contributed by atoms with Crippen molar-refractivity contribution in [2.75, 3.05) is 50.2 Å². The van der Waals surface area contributed by atoms with Crippen LogP contribution in [0.15, 0.2) is 30.5 Å². The van der Waals surface area contributed by atoms with Crippen LogP contribution >= 0.6 is 0 Å². The molecule has 2 fully saturated rings. The fourth-order valence-electron chi connectivity index (χ4n) is 4.72. The molecule has 5 rings (SSSR count). The molecule has 0 radical (unpaired) electrons. The van der Waals surface area contributed by atoms with E-state index in [2.05, 4.69) is 19.9 Å². The predicted molar refractivity (Wildman–Crippen MR) is 127 cm³/mol. The third-order valence-corrected chi connectivity index (χ3v) is 6.91. The number of ether oxygens (including phenoxy) is 1. The van der Waals surface area contributed by atoms with Gasteiger partial charge >= 0.3 is 0 Å². The van der Waals surface area contributed by atoms with Gasteiger partial charge in [0.25, 0.3) is 0 Å². The maximum absolute atomic E-state index is 15.2. The minimum atomic E-state index is -1.57. The van der Waals surface area contributed by atoms with E-state index in [1.807, 2.05) is 18.2 Å². The number of fused-ring (bicyclic) bond motifs is 1. The Morgan fingerprint density at radius 3 is 2.68 bits per heavy atom. The molecule has 0 unspecified atom stereocenters. The highest BCUT2D eigenvalue weighted by Gasteiger charge is 2.48. The first-order chi connectivity index (χ1) is 16.4. The Morgan fingerprint density at radius 2 is 2.00 bits per heavy atom. The van der Waals surface area contributed by atoms with Gasteiger partial charge in [0.2, 0.25) is 5.88 Å². The van der Waals surface area contributed by atoms with Gasteiger partial charge in [-0.05, 0) is 49.8 Å². The number of likely N-dealkylation sites (N-methyl/N-ethyl adjacent to an activating group) is 1. The maximum atomic E-state index is 15.2. The summed E-state index contributed by atoms with van der Waals surface area (Å²) in [5, 5.41) is 9.87. The summed E-state index contributed by atoms with van der Waals surface area (Å²) >= 11 is 0. The number of alkyl halides is 1. The molecule has 1 aliphatic heterocycles. The van der Waals surface area contributed by atoms with E-state index in [0.717, 1.165) is 18.4 Å². The number of rotatable bonds is 7. The first-order valence-corrected chi connectivity index (χ1v) is 11.7. The molecule has 1 saturated carbocycles. The lowest BCUT2D eigenvalue weighted by atomic mass is 9.90. The molecule has 0 bridgehead atoms. The molecule has 0 amide bonds. The number of anilines is 2. The number of hydrogen-bond acceptors (Lipinski definition) is 7. The van der Waals surface area contributed by atoms with Crippen LogP contribution in [0.25, 0.3) is 10.9 Å². The predicted octanol–water partition coefficient (Wildman–Crippen LogP) is 3.94. The first-order valence-electron chi connectivity index (χ1n) is 11.7. The summed E-state index contributed by atoms with van der Waals surface area (Å²) in [7, 11) is 3.42. The second-order valence-electron chi connectivity index (χ2n) is 9.17. The van der Waals surface area contributed by atoms with Crippen LogP contribution in [0.3, 0.4) is 0 Å². The van der Waals surface area contributed by atoms with Crippen LogP contribution in [0, 0.1) is 5.82 Å². The van der Waals surface area contributed by atoms with E-state index in [-0.39, 0.29) is 23.9 Å². The van der Waals surface area contributed by atoms with Gasteiger partial charge in [0.1, 0.15) is 11.3 Å². The fourth-order valence-corrected chi connectivity index (χ4v) is 4.72. The van der Waals surface area contributed by atoms with E-state index >= 15 is 4.39 Å². The van der Waals surface area contributed by atoms with Crippen LogP contribution < -0.4 is 14.5 Å². The van der Waals surface area contributed by atoms with Gasteiger partial charge in [-0.15, -0.1) is 0 Å². The SMILES string of the molecule is COc1ncccc1C1CCN(c2nc(C3(F)CC3)nc3c(F)cc(N(C)CCO)cc23)CC1. The highest BCUT2D eigenvalue weighted by molar-refractivity contribution is 5.93. The molecule has 2 aromatic heterocycles. The number of aliphatic hydroxyl groups excluding tert-OH is 1. The van der Waals surface area contributed by atoms with Gasteiger partial charge in [-0.2, -0.15) is 0 Å². The molecule has 3 heterocycles. The summed E-state index contributed by atoms with van der Waals surface area (Å²) in [5.74, 6) is 1.05. The Bertz CT molecular complexity index is 1200. The van der Waals surface area contributed by atoms with Crippen molar-refractivity contribution in [3.63, 3.8) is 0 Å². The van der Waals surface area contributed by atoms with Crippen molar-refractivity contribution in [1.29, 1.82) is 0 Å². The number of benzene rings is 1. The third kappa shape index (κ3) is 4.13. The number of halogens is 2. The monoisotopic (exact) mass is 469 g/mol. The Hall–Kier alpha value is -3.07. The number of aliphatic hydroxyl groups is 1. The molecule has 2 aliphatic rings. The highest BCUT2D eigenvalue weighted by atomic mass is 19.1. The van der Waals surface area contributed by atoms with E-state index in [1.54, 1.807) is 25.3 Å². The summed E-state index contributed by atoms with van der Waals surface area (Å²) in [6, 6.07) is 7.18. The molecule has 1 aliphatic carbocycles. The molecule has 1 aromatic carbocycles. The average Bonchev–Trinajstić information content (AvgIpc) is 3.62. The number of hydrogen-bond donors (Lipinski definition) is 1. The zero-order valence-electron chi connectivity index (χ0n) is 19.5. The Balaban J connectivity index is 1.51. The molecular weight excluding hydrogens is 440 g/mol. The zero-order chi connectivity index (χ0) is 23.9. The van der Waals surface area contributed by atoms with Gasteiger partial charge in [-0.25, -0.2) is 23.7 Å². The van der Waals surface area contributed by atoms with Crippen molar-refractivity contribution in [2.45, 2.75) is 37.3 Å². The minimum Gasteiger partial charge on any atom is -0.481 e. The Morgan fingerprint density at radius 1 is 1.24 bits per heavy atom. The molecule has 0 atom stereocenters. The summed E-state index contributed by atoms with van der Waals surface area (Å²) in [4.78, 5) is 17.2. The maximum Gasteiger partial charge on any atom is 0.216 e. The third-order valence-electron chi connectivity index (χ3n) is 6.91. The van der Waals surface area contributed by atoms with Crippen molar-refractivity contribution in [3.8, 4) is 5.88 Å². The van der Waals surface area contributed by atoms with E-state index in [1.165, 1.54) is 6.07 Å². The molecule has 0 spiro atoms. The van der Waals surface area contributed by atoms with Crippen molar-refractivity contribution in [2.24, 2.45) is 0 Å². The summed E-state index contributed by atoms with van der Waals surface area (Å²) in [6.45, 7) is 1.69. The Labute approximate surface area is 197 Å².